The summed E-state index contributed by atoms with van der Waals surface area (Å²) in [7, 11) is 0. The van der Waals surface area contributed by atoms with Gasteiger partial charge in [0.2, 0.25) is 0 Å². The molecular weight excluding hydrogens is 260 g/mol. The van der Waals surface area contributed by atoms with Crippen molar-refractivity contribution in [2.24, 2.45) is 5.92 Å². The molecule has 1 N–H and O–H groups in total. The molecule has 1 aromatic heterocycles. The average Bonchev–Trinajstić information content (AvgIpc) is 2.88. The standard InChI is InChI=1S/C17H32N4/c1-5-16-11-17(21(6-2)19-16)13-20-9-7-15(8-10-20)12-18-14(3)4/h11,14-15,18H,5-10,12-13H2,1-4H3. The van der Waals surface area contributed by atoms with E-state index in [1.54, 1.807) is 0 Å². The SMILES string of the molecule is CCc1cc(CN2CCC(CNC(C)C)CC2)n(CC)n1. The Morgan fingerprint density at radius 2 is 2.00 bits per heavy atom. The molecule has 0 bridgehead atoms. The van der Waals surface area contributed by atoms with Gasteiger partial charge in [0.15, 0.2) is 0 Å². The van der Waals surface area contributed by atoms with Gasteiger partial charge in [0.1, 0.15) is 0 Å². The summed E-state index contributed by atoms with van der Waals surface area (Å²) in [6.45, 7) is 14.5. The van der Waals surface area contributed by atoms with E-state index < -0.39 is 0 Å². The third-order valence-corrected chi connectivity index (χ3v) is 4.48. The van der Waals surface area contributed by atoms with Gasteiger partial charge in [-0.25, -0.2) is 0 Å². The highest BCUT2D eigenvalue weighted by atomic mass is 15.3. The van der Waals surface area contributed by atoms with Crippen LogP contribution >= 0.6 is 0 Å². The lowest BCUT2D eigenvalue weighted by molar-refractivity contribution is 0.170. The number of hydrogen-bond donors (Lipinski definition) is 1. The first-order chi connectivity index (χ1) is 10.1. The fourth-order valence-corrected chi connectivity index (χ4v) is 3.07. The number of piperidine rings is 1. The van der Waals surface area contributed by atoms with Crippen molar-refractivity contribution in [1.82, 2.24) is 20.0 Å². The summed E-state index contributed by atoms with van der Waals surface area (Å²) in [6, 6.07) is 2.89. The molecule has 1 aliphatic rings. The molecule has 0 aromatic carbocycles. The van der Waals surface area contributed by atoms with Crippen LogP contribution in [0.3, 0.4) is 0 Å². The van der Waals surface area contributed by atoms with Crippen LogP contribution in [0.1, 0.15) is 51.9 Å². The number of hydrogen-bond acceptors (Lipinski definition) is 3. The van der Waals surface area contributed by atoms with Gasteiger partial charge in [-0.05, 0) is 57.8 Å². The lowest BCUT2D eigenvalue weighted by atomic mass is 9.96. The molecule has 0 aliphatic carbocycles. The van der Waals surface area contributed by atoms with E-state index in [1.165, 1.54) is 43.9 Å². The molecule has 0 radical (unpaired) electrons. The second-order valence-electron chi connectivity index (χ2n) is 6.58. The second-order valence-corrected chi connectivity index (χ2v) is 6.58. The highest BCUT2D eigenvalue weighted by Crippen LogP contribution is 2.19. The number of nitrogens with zero attached hydrogens (tertiary/aromatic N) is 3. The monoisotopic (exact) mass is 292 g/mol. The highest BCUT2D eigenvalue weighted by Gasteiger charge is 2.20. The van der Waals surface area contributed by atoms with Gasteiger partial charge in [-0.2, -0.15) is 5.10 Å². The quantitative estimate of drug-likeness (QED) is 0.839. The van der Waals surface area contributed by atoms with Gasteiger partial charge in [0.25, 0.3) is 0 Å². The summed E-state index contributed by atoms with van der Waals surface area (Å²) >= 11 is 0. The Balaban J connectivity index is 1.82. The second kappa shape index (κ2) is 7.95. The lowest BCUT2D eigenvalue weighted by Gasteiger charge is -2.32. The van der Waals surface area contributed by atoms with Gasteiger partial charge < -0.3 is 5.32 Å². The first-order valence-corrected chi connectivity index (χ1v) is 8.63. The third-order valence-electron chi connectivity index (χ3n) is 4.48. The predicted molar refractivity (Wildman–Crippen MR) is 88.4 cm³/mol. The van der Waals surface area contributed by atoms with Gasteiger partial charge in [0, 0.05) is 19.1 Å². The number of nitrogens with one attached hydrogen (secondary N) is 1. The largest absolute Gasteiger partial charge is 0.314 e. The molecule has 4 nitrogen and oxygen atoms in total. The maximum absolute atomic E-state index is 4.66. The van der Waals surface area contributed by atoms with Crippen LogP contribution in [0.4, 0.5) is 0 Å². The summed E-state index contributed by atoms with van der Waals surface area (Å²) in [5.41, 5.74) is 2.61. The first kappa shape index (κ1) is 16.5. The number of likely N-dealkylation sites (tertiary alicyclic amines) is 1. The van der Waals surface area contributed by atoms with Gasteiger partial charge >= 0.3 is 0 Å². The van der Waals surface area contributed by atoms with E-state index in [0.29, 0.717) is 6.04 Å². The first-order valence-electron chi connectivity index (χ1n) is 8.63. The molecule has 2 heterocycles. The van der Waals surface area contributed by atoms with E-state index in [-0.39, 0.29) is 0 Å². The fraction of sp³-hybridized carbons (Fsp3) is 0.824. The van der Waals surface area contributed by atoms with Crippen molar-refractivity contribution in [3.63, 3.8) is 0 Å². The van der Waals surface area contributed by atoms with Crippen molar-refractivity contribution in [3.05, 3.63) is 17.5 Å². The Morgan fingerprint density at radius 3 is 2.57 bits per heavy atom. The molecule has 0 unspecified atom stereocenters. The van der Waals surface area contributed by atoms with Crippen molar-refractivity contribution in [2.75, 3.05) is 19.6 Å². The zero-order chi connectivity index (χ0) is 15.2. The summed E-state index contributed by atoms with van der Waals surface area (Å²) in [4.78, 5) is 2.59. The van der Waals surface area contributed by atoms with Crippen LogP contribution in [0.5, 0.6) is 0 Å². The van der Waals surface area contributed by atoms with Gasteiger partial charge in [-0.1, -0.05) is 20.8 Å². The van der Waals surface area contributed by atoms with Crippen molar-refractivity contribution < 1.29 is 0 Å². The third kappa shape index (κ3) is 4.82. The highest BCUT2D eigenvalue weighted by molar-refractivity contribution is 5.10. The normalized spacial score (nSPS) is 17.8. The zero-order valence-electron chi connectivity index (χ0n) is 14.2. The minimum absolute atomic E-state index is 0.606. The maximum Gasteiger partial charge on any atom is 0.0625 e. The topological polar surface area (TPSA) is 33.1 Å². The number of rotatable bonds is 7. The zero-order valence-corrected chi connectivity index (χ0v) is 14.2. The minimum atomic E-state index is 0.606. The van der Waals surface area contributed by atoms with Crippen molar-refractivity contribution >= 4 is 0 Å². The van der Waals surface area contributed by atoms with Crippen molar-refractivity contribution in [2.45, 2.75) is 66.1 Å². The molecule has 1 aliphatic heterocycles. The molecule has 0 atom stereocenters. The fourth-order valence-electron chi connectivity index (χ4n) is 3.07. The van der Waals surface area contributed by atoms with Crippen molar-refractivity contribution in [3.8, 4) is 0 Å². The average molecular weight is 292 g/mol. The van der Waals surface area contributed by atoms with E-state index in [9.17, 15) is 0 Å². The minimum Gasteiger partial charge on any atom is -0.314 e. The maximum atomic E-state index is 4.66. The Kier molecular flexibility index (Phi) is 6.24. The Morgan fingerprint density at radius 1 is 1.29 bits per heavy atom. The van der Waals surface area contributed by atoms with E-state index in [4.69, 9.17) is 0 Å². The summed E-state index contributed by atoms with van der Waals surface area (Å²) in [5, 5.41) is 8.23. The van der Waals surface area contributed by atoms with Crippen LogP contribution in [0.2, 0.25) is 0 Å². The van der Waals surface area contributed by atoms with Crippen LogP contribution < -0.4 is 5.32 Å². The molecule has 4 heteroatoms. The predicted octanol–water partition coefficient (Wildman–Crippen LogP) is 2.68. The Hall–Kier alpha value is -0.870. The van der Waals surface area contributed by atoms with E-state index in [1.807, 2.05) is 0 Å². The molecular formula is C17H32N4. The number of aromatic nitrogens is 2. The molecule has 0 saturated carbocycles. The smallest absolute Gasteiger partial charge is 0.0625 e. The van der Waals surface area contributed by atoms with Crippen LogP contribution in [0.25, 0.3) is 0 Å². The lowest BCUT2D eigenvalue weighted by Crippen LogP contribution is -2.38. The molecule has 1 aromatic rings. The van der Waals surface area contributed by atoms with Gasteiger partial charge in [-0.3, -0.25) is 9.58 Å². The molecule has 2 rings (SSSR count). The van der Waals surface area contributed by atoms with Gasteiger partial charge in [-0.15, -0.1) is 0 Å². The van der Waals surface area contributed by atoms with Gasteiger partial charge in [0.05, 0.1) is 11.4 Å². The molecule has 120 valence electrons. The van der Waals surface area contributed by atoms with Crippen molar-refractivity contribution in [1.29, 1.82) is 0 Å². The summed E-state index contributed by atoms with van der Waals surface area (Å²) in [6.07, 6.45) is 3.67. The van der Waals surface area contributed by atoms with Crippen LogP contribution in [-0.2, 0) is 19.5 Å². The van der Waals surface area contributed by atoms with Crippen LogP contribution in [-0.4, -0.2) is 40.4 Å². The Bertz CT molecular complexity index is 416. The molecule has 21 heavy (non-hydrogen) atoms. The molecule has 1 fully saturated rings. The van der Waals surface area contributed by atoms with E-state index >= 15 is 0 Å². The van der Waals surface area contributed by atoms with E-state index in [0.717, 1.165) is 25.4 Å². The number of aryl methyl sites for hydroxylation is 2. The Labute approximate surface area is 129 Å². The molecule has 1 saturated heterocycles. The van der Waals surface area contributed by atoms with Crippen LogP contribution in [0.15, 0.2) is 6.07 Å². The summed E-state index contributed by atoms with van der Waals surface area (Å²) < 4.78 is 2.17. The van der Waals surface area contributed by atoms with E-state index in [2.05, 4.69) is 53.8 Å². The molecule has 0 spiro atoms. The molecule has 0 amide bonds. The summed E-state index contributed by atoms with van der Waals surface area (Å²) in [5.74, 6) is 0.853. The van der Waals surface area contributed by atoms with Crippen LogP contribution in [0, 0.1) is 5.92 Å².